The predicted octanol–water partition coefficient (Wildman–Crippen LogP) is 0.165. The van der Waals surface area contributed by atoms with Crippen LogP contribution in [0.1, 0.15) is 19.8 Å². The number of H-pyrrole nitrogens is 1. The van der Waals surface area contributed by atoms with Gasteiger partial charge in [0.2, 0.25) is 10.0 Å². The topological polar surface area (TPSA) is 92.1 Å². The van der Waals surface area contributed by atoms with Crippen LogP contribution in [0.2, 0.25) is 0 Å². The Bertz CT molecular complexity index is 449. The van der Waals surface area contributed by atoms with Crippen LogP contribution in [0, 0.1) is 0 Å². The van der Waals surface area contributed by atoms with Crippen molar-refractivity contribution in [1.82, 2.24) is 14.5 Å². The van der Waals surface area contributed by atoms with E-state index in [2.05, 4.69) is 10.2 Å². The van der Waals surface area contributed by atoms with Crippen LogP contribution in [-0.4, -0.2) is 35.5 Å². The second-order valence-electron chi connectivity index (χ2n) is 3.59. The van der Waals surface area contributed by atoms with Crippen molar-refractivity contribution in [3.05, 3.63) is 6.20 Å². The highest BCUT2D eigenvalue weighted by atomic mass is 32.2. The average molecular weight is 230 g/mol. The van der Waals surface area contributed by atoms with Crippen molar-refractivity contribution in [2.24, 2.45) is 0 Å². The maximum Gasteiger partial charge on any atom is 0.248 e. The molecule has 1 heterocycles. The van der Waals surface area contributed by atoms with Gasteiger partial charge < -0.3 is 5.73 Å². The number of hydrogen-bond acceptors (Lipinski definition) is 4. The van der Waals surface area contributed by atoms with Gasteiger partial charge >= 0.3 is 0 Å². The summed E-state index contributed by atoms with van der Waals surface area (Å²) in [6, 6.07) is 0.147. The summed E-state index contributed by atoms with van der Waals surface area (Å²) in [7, 11) is -3.46. The van der Waals surface area contributed by atoms with E-state index in [1.165, 1.54) is 10.5 Å². The van der Waals surface area contributed by atoms with Crippen molar-refractivity contribution in [3.8, 4) is 0 Å². The maximum absolute atomic E-state index is 12.1. The first kappa shape index (κ1) is 10.4. The molecule has 1 saturated carbocycles. The van der Waals surface area contributed by atoms with Crippen LogP contribution in [0.5, 0.6) is 0 Å². The third-order valence-electron chi connectivity index (χ3n) is 2.48. The van der Waals surface area contributed by atoms with Gasteiger partial charge in [0.05, 0.1) is 6.20 Å². The standard InChI is InChI=1S/C8H14N4O2S/c1-2-12(6-3-4-6)15(13,14)7-5-10-11-8(7)9/h5-6H,2-4H2,1H3,(H3,9,10,11). The van der Waals surface area contributed by atoms with E-state index in [-0.39, 0.29) is 16.8 Å². The summed E-state index contributed by atoms with van der Waals surface area (Å²) in [4.78, 5) is 0.0799. The lowest BCUT2D eigenvalue weighted by atomic mass is 10.6. The fourth-order valence-electron chi connectivity index (χ4n) is 1.60. The molecule has 84 valence electrons. The zero-order valence-electron chi connectivity index (χ0n) is 8.47. The predicted molar refractivity (Wildman–Crippen MR) is 55.6 cm³/mol. The number of nitrogens with two attached hydrogens (primary N) is 1. The van der Waals surface area contributed by atoms with Gasteiger partial charge in [-0.05, 0) is 12.8 Å². The summed E-state index contributed by atoms with van der Waals surface area (Å²) in [5.41, 5.74) is 5.52. The molecule has 0 aromatic carbocycles. The third kappa shape index (κ3) is 1.72. The van der Waals surface area contributed by atoms with Gasteiger partial charge in [0.25, 0.3) is 0 Å². The SMILES string of the molecule is CCN(C1CC1)S(=O)(=O)c1cn[nH]c1N. The molecule has 3 N–H and O–H groups in total. The van der Waals surface area contributed by atoms with Crippen LogP contribution >= 0.6 is 0 Å². The Morgan fingerprint density at radius 2 is 2.33 bits per heavy atom. The van der Waals surface area contributed by atoms with Gasteiger partial charge in [-0.15, -0.1) is 0 Å². The van der Waals surface area contributed by atoms with E-state index in [0.717, 1.165) is 12.8 Å². The molecule has 0 amide bonds. The molecule has 1 aromatic rings. The van der Waals surface area contributed by atoms with Gasteiger partial charge in [0.15, 0.2) is 0 Å². The van der Waals surface area contributed by atoms with Gasteiger partial charge in [0.1, 0.15) is 10.7 Å². The van der Waals surface area contributed by atoms with Gasteiger partial charge in [-0.3, -0.25) is 5.10 Å². The Balaban J connectivity index is 2.37. The molecule has 0 spiro atoms. The quantitative estimate of drug-likeness (QED) is 0.771. The van der Waals surface area contributed by atoms with Gasteiger partial charge in [0, 0.05) is 12.6 Å². The van der Waals surface area contributed by atoms with Crippen molar-refractivity contribution < 1.29 is 8.42 Å². The Kier molecular flexibility index (Phi) is 2.43. The number of hydrogen-bond donors (Lipinski definition) is 2. The van der Waals surface area contributed by atoms with Crippen LogP contribution in [0.15, 0.2) is 11.1 Å². The van der Waals surface area contributed by atoms with E-state index >= 15 is 0 Å². The molecule has 1 fully saturated rings. The molecular formula is C8H14N4O2S. The normalized spacial score (nSPS) is 17.2. The van der Waals surface area contributed by atoms with Crippen LogP contribution in [0.4, 0.5) is 5.82 Å². The molecule has 0 atom stereocenters. The molecule has 1 aliphatic rings. The number of sulfonamides is 1. The van der Waals surface area contributed by atoms with E-state index in [4.69, 9.17) is 5.73 Å². The lowest BCUT2D eigenvalue weighted by molar-refractivity contribution is 0.421. The first-order valence-electron chi connectivity index (χ1n) is 4.88. The highest BCUT2D eigenvalue weighted by Gasteiger charge is 2.38. The van der Waals surface area contributed by atoms with E-state index in [9.17, 15) is 8.42 Å². The molecule has 0 saturated heterocycles. The fourth-order valence-corrected chi connectivity index (χ4v) is 3.31. The largest absolute Gasteiger partial charge is 0.383 e. The maximum atomic E-state index is 12.1. The number of nitrogen functional groups attached to an aromatic ring is 1. The van der Waals surface area contributed by atoms with Crippen LogP contribution < -0.4 is 5.73 Å². The smallest absolute Gasteiger partial charge is 0.248 e. The summed E-state index contributed by atoms with van der Waals surface area (Å²) in [5, 5.41) is 6.06. The zero-order chi connectivity index (χ0) is 11.1. The Labute approximate surface area is 88.5 Å². The molecule has 1 aliphatic carbocycles. The molecule has 7 heteroatoms. The Morgan fingerprint density at radius 1 is 1.67 bits per heavy atom. The first-order valence-corrected chi connectivity index (χ1v) is 6.32. The number of aromatic nitrogens is 2. The van der Waals surface area contributed by atoms with Gasteiger partial charge in [-0.1, -0.05) is 6.92 Å². The molecule has 0 unspecified atom stereocenters. The van der Waals surface area contributed by atoms with E-state index in [1.54, 1.807) is 0 Å². The summed E-state index contributed by atoms with van der Waals surface area (Å²) in [6.07, 6.45) is 3.13. The minimum atomic E-state index is -3.46. The van der Waals surface area contributed by atoms with Crippen molar-refractivity contribution in [1.29, 1.82) is 0 Å². The third-order valence-corrected chi connectivity index (χ3v) is 4.54. The highest BCUT2D eigenvalue weighted by Crippen LogP contribution is 2.32. The summed E-state index contributed by atoms with van der Waals surface area (Å²) >= 11 is 0. The number of rotatable bonds is 4. The van der Waals surface area contributed by atoms with Gasteiger partial charge in [-0.25, -0.2) is 8.42 Å². The van der Waals surface area contributed by atoms with Crippen molar-refractivity contribution in [2.45, 2.75) is 30.7 Å². The van der Waals surface area contributed by atoms with E-state index < -0.39 is 10.0 Å². The molecule has 2 rings (SSSR count). The van der Waals surface area contributed by atoms with Gasteiger partial charge in [-0.2, -0.15) is 9.40 Å². The fraction of sp³-hybridized carbons (Fsp3) is 0.625. The minimum Gasteiger partial charge on any atom is -0.383 e. The lowest BCUT2D eigenvalue weighted by Crippen LogP contribution is -2.33. The second kappa shape index (κ2) is 3.49. The molecule has 0 bridgehead atoms. The molecular weight excluding hydrogens is 216 g/mol. The second-order valence-corrected chi connectivity index (χ2v) is 5.45. The zero-order valence-corrected chi connectivity index (χ0v) is 9.29. The van der Waals surface area contributed by atoms with Crippen molar-refractivity contribution in [2.75, 3.05) is 12.3 Å². The lowest BCUT2D eigenvalue weighted by Gasteiger charge is -2.18. The number of nitrogens with zero attached hydrogens (tertiary/aromatic N) is 2. The average Bonchev–Trinajstić information content (AvgIpc) is 2.88. The van der Waals surface area contributed by atoms with E-state index in [0.29, 0.717) is 6.54 Å². The Hall–Kier alpha value is -1.08. The molecule has 15 heavy (non-hydrogen) atoms. The molecule has 0 radical (unpaired) electrons. The monoisotopic (exact) mass is 230 g/mol. The summed E-state index contributed by atoms with van der Waals surface area (Å²) in [6.45, 7) is 2.30. The van der Waals surface area contributed by atoms with Crippen LogP contribution in [-0.2, 0) is 10.0 Å². The summed E-state index contributed by atoms with van der Waals surface area (Å²) in [5.74, 6) is 0.106. The van der Waals surface area contributed by atoms with E-state index in [1.807, 2.05) is 6.92 Å². The first-order chi connectivity index (χ1) is 7.07. The number of aromatic amines is 1. The molecule has 0 aliphatic heterocycles. The van der Waals surface area contributed by atoms with Crippen molar-refractivity contribution >= 4 is 15.8 Å². The number of anilines is 1. The summed E-state index contributed by atoms with van der Waals surface area (Å²) < 4.78 is 25.7. The molecule has 1 aromatic heterocycles. The van der Waals surface area contributed by atoms with Crippen LogP contribution in [0.25, 0.3) is 0 Å². The van der Waals surface area contributed by atoms with Crippen LogP contribution in [0.3, 0.4) is 0 Å². The van der Waals surface area contributed by atoms with Crippen molar-refractivity contribution in [3.63, 3.8) is 0 Å². The number of nitrogens with one attached hydrogen (secondary N) is 1. The molecule has 6 nitrogen and oxygen atoms in total. The minimum absolute atomic E-state index is 0.0799. The highest BCUT2D eigenvalue weighted by molar-refractivity contribution is 7.89. The Morgan fingerprint density at radius 3 is 2.73 bits per heavy atom.